The molecular formula is C23H27Cl2NO3. The number of para-hydroxylation sites is 1. The first-order valence-corrected chi connectivity index (χ1v) is 10.1. The van der Waals surface area contributed by atoms with Crippen LogP contribution >= 0.6 is 23.2 Å². The molecule has 4 nitrogen and oxygen atoms in total. The Bertz CT molecular complexity index is 872. The number of nitrogens with one attached hydrogen (secondary N) is 1. The Kier molecular flexibility index (Phi) is 7.02. The van der Waals surface area contributed by atoms with Crippen molar-refractivity contribution in [1.82, 2.24) is 0 Å². The molecule has 1 amide bonds. The lowest BCUT2D eigenvalue weighted by atomic mass is 9.79. The van der Waals surface area contributed by atoms with Crippen molar-refractivity contribution in [3.63, 3.8) is 0 Å². The van der Waals surface area contributed by atoms with Crippen LogP contribution < -0.4 is 5.32 Å². The Labute approximate surface area is 182 Å². The zero-order chi connectivity index (χ0) is 22.0. The highest BCUT2D eigenvalue weighted by molar-refractivity contribution is 6.39. The van der Waals surface area contributed by atoms with Crippen molar-refractivity contribution in [3.8, 4) is 0 Å². The van der Waals surface area contributed by atoms with Crippen molar-refractivity contribution in [2.75, 3.05) is 11.9 Å². The van der Waals surface area contributed by atoms with Gasteiger partial charge in [-0.1, -0.05) is 76.9 Å². The number of anilines is 1. The quantitative estimate of drug-likeness (QED) is 0.566. The van der Waals surface area contributed by atoms with E-state index in [-0.39, 0.29) is 10.8 Å². The van der Waals surface area contributed by atoms with Crippen LogP contribution in [0.15, 0.2) is 36.4 Å². The summed E-state index contributed by atoms with van der Waals surface area (Å²) in [6.45, 7) is 12.1. The van der Waals surface area contributed by atoms with Gasteiger partial charge < -0.3 is 10.1 Å². The number of rotatable bonds is 4. The van der Waals surface area contributed by atoms with Crippen LogP contribution in [0.5, 0.6) is 0 Å². The Morgan fingerprint density at radius 3 is 1.83 bits per heavy atom. The summed E-state index contributed by atoms with van der Waals surface area (Å²) < 4.78 is 5.24. The van der Waals surface area contributed by atoms with Gasteiger partial charge in [-0.25, -0.2) is 4.79 Å². The van der Waals surface area contributed by atoms with E-state index in [1.165, 1.54) is 0 Å². The standard InChI is InChI=1S/C23H27Cl2NO3/c1-22(2,3)15-10-14(11-16(12-15)23(4,5)6)21(28)29-13-19(27)26-20-17(24)8-7-9-18(20)25/h7-12H,13H2,1-6H3,(H,26,27). The van der Waals surface area contributed by atoms with Crippen LogP contribution in [0.2, 0.25) is 10.0 Å². The van der Waals surface area contributed by atoms with Crippen LogP contribution in [0.25, 0.3) is 0 Å². The predicted octanol–water partition coefficient (Wildman–Crippen LogP) is 6.38. The molecule has 0 bridgehead atoms. The SMILES string of the molecule is CC(C)(C)c1cc(C(=O)OCC(=O)Nc2c(Cl)cccc2Cl)cc(C(C)(C)C)c1. The van der Waals surface area contributed by atoms with Gasteiger partial charge in [0.25, 0.3) is 5.91 Å². The highest BCUT2D eigenvalue weighted by Crippen LogP contribution is 2.31. The van der Waals surface area contributed by atoms with E-state index in [2.05, 4.69) is 52.9 Å². The monoisotopic (exact) mass is 435 g/mol. The number of amides is 1. The van der Waals surface area contributed by atoms with Crippen LogP contribution in [0.4, 0.5) is 5.69 Å². The van der Waals surface area contributed by atoms with E-state index in [9.17, 15) is 9.59 Å². The first-order chi connectivity index (χ1) is 13.3. The number of hydrogen-bond acceptors (Lipinski definition) is 3. The molecule has 0 radical (unpaired) electrons. The van der Waals surface area contributed by atoms with Crippen molar-refractivity contribution >= 4 is 40.8 Å². The second kappa shape index (κ2) is 8.76. The van der Waals surface area contributed by atoms with Crippen molar-refractivity contribution in [2.45, 2.75) is 52.4 Å². The smallest absolute Gasteiger partial charge is 0.338 e. The predicted molar refractivity (Wildman–Crippen MR) is 119 cm³/mol. The number of benzene rings is 2. The van der Waals surface area contributed by atoms with Gasteiger partial charge in [-0.3, -0.25) is 4.79 Å². The summed E-state index contributed by atoms with van der Waals surface area (Å²) in [4.78, 5) is 24.8. The van der Waals surface area contributed by atoms with E-state index in [4.69, 9.17) is 27.9 Å². The number of carbonyl (C=O) groups excluding carboxylic acids is 2. The molecule has 1 N–H and O–H groups in total. The minimum Gasteiger partial charge on any atom is -0.452 e. The van der Waals surface area contributed by atoms with E-state index >= 15 is 0 Å². The minimum atomic E-state index is -0.554. The zero-order valence-electron chi connectivity index (χ0n) is 17.7. The molecule has 0 aliphatic heterocycles. The molecular weight excluding hydrogens is 409 g/mol. The number of esters is 1. The number of carbonyl (C=O) groups is 2. The van der Waals surface area contributed by atoms with Gasteiger partial charge in [0.1, 0.15) is 0 Å². The van der Waals surface area contributed by atoms with Crippen molar-refractivity contribution < 1.29 is 14.3 Å². The first-order valence-electron chi connectivity index (χ1n) is 9.36. The topological polar surface area (TPSA) is 55.4 Å². The van der Waals surface area contributed by atoms with Crippen molar-refractivity contribution in [2.24, 2.45) is 0 Å². The van der Waals surface area contributed by atoms with Crippen molar-refractivity contribution in [3.05, 3.63) is 63.1 Å². The fourth-order valence-electron chi connectivity index (χ4n) is 2.62. The Balaban J connectivity index is 2.17. The molecule has 2 aromatic carbocycles. The summed E-state index contributed by atoms with van der Waals surface area (Å²) in [6, 6.07) is 10.7. The van der Waals surface area contributed by atoms with Crippen LogP contribution in [0.3, 0.4) is 0 Å². The van der Waals surface area contributed by atoms with Gasteiger partial charge in [0.2, 0.25) is 0 Å². The Morgan fingerprint density at radius 1 is 0.897 bits per heavy atom. The van der Waals surface area contributed by atoms with Gasteiger partial charge in [0.15, 0.2) is 6.61 Å². The van der Waals surface area contributed by atoms with Crippen LogP contribution in [0, 0.1) is 0 Å². The molecule has 2 rings (SSSR count). The molecule has 2 aromatic rings. The minimum absolute atomic E-state index is 0.130. The van der Waals surface area contributed by atoms with E-state index < -0.39 is 18.5 Å². The molecule has 6 heteroatoms. The molecule has 0 aliphatic rings. The van der Waals surface area contributed by atoms with Gasteiger partial charge in [-0.05, 0) is 46.2 Å². The normalized spacial score (nSPS) is 11.9. The summed E-state index contributed by atoms with van der Waals surface area (Å²) in [5.41, 5.74) is 2.52. The summed E-state index contributed by atoms with van der Waals surface area (Å²) in [5, 5.41) is 3.20. The molecule has 156 valence electrons. The van der Waals surface area contributed by atoms with Gasteiger partial charge in [-0.2, -0.15) is 0 Å². The maximum atomic E-state index is 12.6. The molecule has 0 aliphatic carbocycles. The summed E-state index contributed by atoms with van der Waals surface area (Å²) in [6.07, 6.45) is 0. The number of halogens is 2. The first kappa shape index (κ1) is 23.2. The zero-order valence-corrected chi connectivity index (χ0v) is 19.2. The molecule has 0 spiro atoms. The molecule has 0 heterocycles. The maximum absolute atomic E-state index is 12.6. The van der Waals surface area contributed by atoms with E-state index in [1.807, 2.05) is 12.1 Å². The third-order valence-corrected chi connectivity index (χ3v) is 5.09. The van der Waals surface area contributed by atoms with Crippen LogP contribution in [-0.4, -0.2) is 18.5 Å². The summed E-state index contributed by atoms with van der Waals surface area (Å²) >= 11 is 12.1. The van der Waals surface area contributed by atoms with E-state index in [1.54, 1.807) is 18.2 Å². The molecule has 0 atom stereocenters. The lowest BCUT2D eigenvalue weighted by Gasteiger charge is -2.25. The van der Waals surface area contributed by atoms with Gasteiger partial charge >= 0.3 is 5.97 Å². The molecule has 29 heavy (non-hydrogen) atoms. The highest BCUT2D eigenvalue weighted by atomic mass is 35.5. The lowest BCUT2D eigenvalue weighted by Crippen LogP contribution is -2.22. The van der Waals surface area contributed by atoms with Crippen LogP contribution in [-0.2, 0) is 20.4 Å². The van der Waals surface area contributed by atoms with E-state index in [0.717, 1.165) is 11.1 Å². The third-order valence-electron chi connectivity index (χ3n) is 4.46. The Morgan fingerprint density at radius 2 is 1.38 bits per heavy atom. The van der Waals surface area contributed by atoms with Gasteiger partial charge in [0, 0.05) is 0 Å². The van der Waals surface area contributed by atoms with Crippen LogP contribution in [0.1, 0.15) is 63.0 Å². The molecule has 0 saturated heterocycles. The molecule has 0 unspecified atom stereocenters. The second-order valence-electron chi connectivity index (χ2n) is 9.02. The van der Waals surface area contributed by atoms with Crippen molar-refractivity contribution in [1.29, 1.82) is 0 Å². The number of ether oxygens (including phenoxy) is 1. The van der Waals surface area contributed by atoms with E-state index in [0.29, 0.717) is 21.3 Å². The summed E-state index contributed by atoms with van der Waals surface area (Å²) in [5.74, 6) is -1.07. The lowest BCUT2D eigenvalue weighted by molar-refractivity contribution is -0.119. The molecule has 0 fully saturated rings. The fraction of sp³-hybridized carbons (Fsp3) is 0.391. The van der Waals surface area contributed by atoms with Gasteiger partial charge in [-0.15, -0.1) is 0 Å². The molecule has 0 aromatic heterocycles. The average molecular weight is 436 g/mol. The Hall–Kier alpha value is -2.04. The second-order valence-corrected chi connectivity index (χ2v) is 9.83. The molecule has 0 saturated carbocycles. The third kappa shape index (κ3) is 6.22. The highest BCUT2D eigenvalue weighted by Gasteiger charge is 2.23. The largest absolute Gasteiger partial charge is 0.452 e. The fourth-order valence-corrected chi connectivity index (χ4v) is 3.11. The average Bonchev–Trinajstić information content (AvgIpc) is 2.61. The maximum Gasteiger partial charge on any atom is 0.338 e. The van der Waals surface area contributed by atoms with Gasteiger partial charge in [0.05, 0.1) is 21.3 Å². The number of hydrogen-bond donors (Lipinski definition) is 1. The summed E-state index contributed by atoms with van der Waals surface area (Å²) in [7, 11) is 0.